The van der Waals surface area contributed by atoms with E-state index in [2.05, 4.69) is 55.3 Å². The largest absolute Gasteiger partial charge is 0.491 e. The summed E-state index contributed by atoms with van der Waals surface area (Å²) in [6, 6.07) is 18.5. The fourth-order valence-corrected chi connectivity index (χ4v) is 3.29. The molecule has 3 nitrogen and oxygen atoms in total. The lowest BCUT2D eigenvalue weighted by atomic mass is 10.1. The first-order chi connectivity index (χ1) is 13.7. The van der Waals surface area contributed by atoms with Crippen molar-refractivity contribution in [2.24, 2.45) is 10.2 Å². The maximum atomic E-state index is 6.11. The zero-order chi connectivity index (χ0) is 19.8. The molecule has 0 heterocycles. The molecule has 0 bridgehead atoms. The highest BCUT2D eigenvalue weighted by Crippen LogP contribution is 2.37. The number of nitrogens with zero attached hydrogens (tertiary/aromatic N) is 2. The molecule has 0 amide bonds. The van der Waals surface area contributed by atoms with Gasteiger partial charge in [-0.2, -0.15) is 5.11 Å². The molecule has 3 heteroatoms. The Hall–Kier alpha value is -2.68. The minimum atomic E-state index is 0.716. The summed E-state index contributed by atoms with van der Waals surface area (Å²) in [6.07, 6.45) is 6.11. The second kappa shape index (κ2) is 10.0. The molecule has 3 rings (SSSR count). The number of hydrogen-bond acceptors (Lipinski definition) is 3. The topological polar surface area (TPSA) is 34.0 Å². The van der Waals surface area contributed by atoms with E-state index in [-0.39, 0.29) is 0 Å². The van der Waals surface area contributed by atoms with Crippen molar-refractivity contribution >= 4 is 22.1 Å². The summed E-state index contributed by atoms with van der Waals surface area (Å²) < 4.78 is 6.11. The minimum Gasteiger partial charge on any atom is -0.491 e. The third-order valence-electron chi connectivity index (χ3n) is 5.20. The van der Waals surface area contributed by atoms with Crippen LogP contribution in [0, 0.1) is 13.8 Å². The molecule has 0 spiro atoms. The molecular formula is C25H30N2O. The van der Waals surface area contributed by atoms with Gasteiger partial charge < -0.3 is 4.74 Å². The van der Waals surface area contributed by atoms with E-state index >= 15 is 0 Å². The van der Waals surface area contributed by atoms with Crippen LogP contribution in [0.25, 0.3) is 10.8 Å². The lowest BCUT2D eigenvalue weighted by molar-refractivity contribution is 0.306. The summed E-state index contributed by atoms with van der Waals surface area (Å²) >= 11 is 0. The van der Waals surface area contributed by atoms with E-state index in [1.807, 2.05) is 30.3 Å². The van der Waals surface area contributed by atoms with Crippen LogP contribution >= 0.6 is 0 Å². The van der Waals surface area contributed by atoms with Gasteiger partial charge in [-0.15, -0.1) is 5.11 Å². The van der Waals surface area contributed by atoms with Gasteiger partial charge in [-0.3, -0.25) is 0 Å². The molecule has 0 saturated carbocycles. The molecule has 0 fully saturated rings. The van der Waals surface area contributed by atoms with E-state index in [4.69, 9.17) is 4.74 Å². The van der Waals surface area contributed by atoms with Crippen molar-refractivity contribution in [3.8, 4) is 5.75 Å². The third kappa shape index (κ3) is 4.98. The van der Waals surface area contributed by atoms with Gasteiger partial charge in [-0.05, 0) is 48.9 Å². The molecular weight excluding hydrogens is 344 g/mol. The number of rotatable bonds is 9. The molecule has 0 atom stereocenters. The van der Waals surface area contributed by atoms with Crippen LogP contribution < -0.4 is 4.74 Å². The van der Waals surface area contributed by atoms with Crippen LogP contribution in [0.5, 0.6) is 5.75 Å². The zero-order valence-electron chi connectivity index (χ0n) is 17.2. The second-order valence-corrected chi connectivity index (χ2v) is 7.32. The number of benzene rings is 3. The van der Waals surface area contributed by atoms with Gasteiger partial charge >= 0.3 is 0 Å². The van der Waals surface area contributed by atoms with Gasteiger partial charge in [0.2, 0.25) is 0 Å². The van der Waals surface area contributed by atoms with Crippen molar-refractivity contribution in [2.75, 3.05) is 6.61 Å². The highest BCUT2D eigenvalue weighted by molar-refractivity contribution is 5.95. The Balaban J connectivity index is 1.85. The summed E-state index contributed by atoms with van der Waals surface area (Å²) in [5.41, 5.74) is 4.09. The SMILES string of the molecule is CCCCCCCOc1ccc2ccccc2c1N=Nc1cccc(C)c1C. The summed E-state index contributed by atoms with van der Waals surface area (Å²) in [5, 5.41) is 11.4. The smallest absolute Gasteiger partial charge is 0.147 e. The maximum absolute atomic E-state index is 6.11. The molecule has 0 unspecified atom stereocenters. The van der Waals surface area contributed by atoms with Crippen LogP contribution in [-0.2, 0) is 0 Å². The van der Waals surface area contributed by atoms with E-state index in [0.717, 1.165) is 39.9 Å². The Kier molecular flexibility index (Phi) is 7.18. The van der Waals surface area contributed by atoms with Crippen LogP contribution in [0.3, 0.4) is 0 Å². The molecule has 0 aliphatic carbocycles. The summed E-state index contributed by atoms with van der Waals surface area (Å²) in [4.78, 5) is 0. The molecule has 0 aliphatic rings. The van der Waals surface area contributed by atoms with E-state index in [0.29, 0.717) is 6.61 Å². The van der Waals surface area contributed by atoms with E-state index in [9.17, 15) is 0 Å². The first-order valence-electron chi connectivity index (χ1n) is 10.3. The van der Waals surface area contributed by atoms with Gasteiger partial charge in [-0.25, -0.2) is 0 Å². The number of aryl methyl sites for hydroxylation is 1. The Bertz CT molecular complexity index is 946. The van der Waals surface area contributed by atoms with Crippen molar-refractivity contribution < 1.29 is 4.74 Å². The fourth-order valence-electron chi connectivity index (χ4n) is 3.29. The van der Waals surface area contributed by atoms with Gasteiger partial charge in [0.25, 0.3) is 0 Å². The second-order valence-electron chi connectivity index (χ2n) is 7.32. The number of hydrogen-bond donors (Lipinski definition) is 0. The van der Waals surface area contributed by atoms with Gasteiger partial charge in [0.05, 0.1) is 12.3 Å². The monoisotopic (exact) mass is 374 g/mol. The lowest BCUT2D eigenvalue weighted by Gasteiger charge is -2.11. The van der Waals surface area contributed by atoms with Crippen LogP contribution in [0.2, 0.25) is 0 Å². The van der Waals surface area contributed by atoms with Crippen molar-refractivity contribution in [3.05, 3.63) is 65.7 Å². The average Bonchev–Trinajstić information content (AvgIpc) is 2.72. The molecule has 3 aromatic rings. The first kappa shape index (κ1) is 20.1. The average molecular weight is 375 g/mol. The summed E-state index contributed by atoms with van der Waals surface area (Å²) in [5.74, 6) is 0.809. The molecule has 0 saturated heterocycles. The van der Waals surface area contributed by atoms with Gasteiger partial charge in [-0.1, -0.05) is 75.1 Å². The molecule has 3 aromatic carbocycles. The Morgan fingerprint density at radius 2 is 1.61 bits per heavy atom. The van der Waals surface area contributed by atoms with E-state index in [1.165, 1.54) is 31.2 Å². The minimum absolute atomic E-state index is 0.716. The molecule has 0 N–H and O–H groups in total. The number of azo groups is 1. The van der Waals surface area contributed by atoms with Crippen molar-refractivity contribution in [3.63, 3.8) is 0 Å². The Morgan fingerprint density at radius 3 is 2.46 bits per heavy atom. The quantitative estimate of drug-likeness (QED) is 0.274. The van der Waals surface area contributed by atoms with Gasteiger partial charge in [0, 0.05) is 5.39 Å². The van der Waals surface area contributed by atoms with Crippen molar-refractivity contribution in [1.82, 2.24) is 0 Å². The summed E-state index contributed by atoms with van der Waals surface area (Å²) in [7, 11) is 0. The third-order valence-corrected chi connectivity index (χ3v) is 5.20. The highest BCUT2D eigenvalue weighted by Gasteiger charge is 2.09. The summed E-state index contributed by atoms with van der Waals surface area (Å²) in [6.45, 7) is 7.13. The predicted octanol–water partition coefficient (Wildman–Crippen LogP) is 8.22. The number of ether oxygens (including phenoxy) is 1. The Labute approximate surface area is 168 Å². The highest BCUT2D eigenvalue weighted by atomic mass is 16.5. The standard InChI is InChI=1S/C25H30N2O/c1-4-5-6-7-10-18-28-24-17-16-21-13-8-9-14-22(21)25(24)27-26-23-15-11-12-19(2)20(23)3/h8-9,11-17H,4-7,10,18H2,1-3H3. The van der Waals surface area contributed by atoms with Crippen LogP contribution in [-0.4, -0.2) is 6.61 Å². The fraction of sp³-hybridized carbons (Fsp3) is 0.360. The van der Waals surface area contributed by atoms with Gasteiger partial charge in [0.1, 0.15) is 11.4 Å². The normalized spacial score (nSPS) is 11.4. The Morgan fingerprint density at radius 1 is 0.786 bits per heavy atom. The van der Waals surface area contributed by atoms with Crippen LogP contribution in [0.4, 0.5) is 11.4 Å². The predicted molar refractivity (Wildman–Crippen MR) is 118 cm³/mol. The van der Waals surface area contributed by atoms with Crippen LogP contribution in [0.1, 0.15) is 50.2 Å². The molecule has 28 heavy (non-hydrogen) atoms. The molecule has 0 aliphatic heterocycles. The van der Waals surface area contributed by atoms with E-state index < -0.39 is 0 Å². The maximum Gasteiger partial charge on any atom is 0.147 e. The first-order valence-corrected chi connectivity index (χ1v) is 10.3. The van der Waals surface area contributed by atoms with Crippen molar-refractivity contribution in [2.45, 2.75) is 52.9 Å². The van der Waals surface area contributed by atoms with Gasteiger partial charge in [0.15, 0.2) is 0 Å². The molecule has 146 valence electrons. The molecule has 0 aromatic heterocycles. The van der Waals surface area contributed by atoms with Crippen molar-refractivity contribution in [1.29, 1.82) is 0 Å². The van der Waals surface area contributed by atoms with Crippen LogP contribution in [0.15, 0.2) is 64.8 Å². The molecule has 0 radical (unpaired) electrons. The number of unbranched alkanes of at least 4 members (excludes halogenated alkanes) is 4. The van der Waals surface area contributed by atoms with E-state index in [1.54, 1.807) is 0 Å². The lowest BCUT2D eigenvalue weighted by Crippen LogP contribution is -1.97. The zero-order valence-corrected chi connectivity index (χ0v) is 17.2. The number of fused-ring (bicyclic) bond motifs is 1.